The molecule has 118 valence electrons. The van der Waals surface area contributed by atoms with Crippen LogP contribution in [0.1, 0.15) is 57.2 Å². The van der Waals surface area contributed by atoms with Crippen LogP contribution >= 0.6 is 0 Å². The highest BCUT2D eigenvalue weighted by molar-refractivity contribution is 5.68. The second kappa shape index (κ2) is 5.41. The summed E-state index contributed by atoms with van der Waals surface area (Å²) in [5.41, 5.74) is 0.934. The van der Waals surface area contributed by atoms with E-state index < -0.39 is 0 Å². The normalized spacial score (nSPS) is 18.6. The van der Waals surface area contributed by atoms with Crippen LogP contribution in [0.5, 0.6) is 0 Å². The van der Waals surface area contributed by atoms with Gasteiger partial charge in [-0.2, -0.15) is 0 Å². The van der Waals surface area contributed by atoms with Gasteiger partial charge in [0, 0.05) is 25.6 Å². The first kappa shape index (κ1) is 13.8. The van der Waals surface area contributed by atoms with Crippen molar-refractivity contribution in [2.24, 2.45) is 0 Å². The Morgan fingerprint density at radius 1 is 1.23 bits per heavy atom. The van der Waals surface area contributed by atoms with Gasteiger partial charge >= 0.3 is 5.69 Å². The van der Waals surface area contributed by atoms with Crippen LogP contribution in [0.3, 0.4) is 0 Å². The van der Waals surface area contributed by atoms with Gasteiger partial charge in [-0.15, -0.1) is 0 Å². The predicted octanol–water partition coefficient (Wildman–Crippen LogP) is 2.43. The van der Waals surface area contributed by atoms with E-state index in [0.717, 1.165) is 49.1 Å². The van der Waals surface area contributed by atoms with Gasteiger partial charge in [0.25, 0.3) is 0 Å². The molecule has 0 aromatic rings. The van der Waals surface area contributed by atoms with Crippen molar-refractivity contribution in [3.8, 4) is 11.5 Å². The molecule has 6 nitrogen and oxygen atoms in total. The van der Waals surface area contributed by atoms with Gasteiger partial charge in [0.15, 0.2) is 5.82 Å². The Balaban J connectivity index is 1.93. The first-order chi connectivity index (χ1) is 10.8. The number of anilines is 1. The van der Waals surface area contributed by atoms with Crippen LogP contribution in [-0.4, -0.2) is 25.6 Å². The number of hydrogen-bond donors (Lipinski definition) is 1. The molecule has 1 aliphatic carbocycles. The Morgan fingerprint density at radius 3 is 2.82 bits per heavy atom. The SMILES string of the molecule is CCCn1c2nc(C3CCCC3)nc-2c2n(c1=O)CCCN2. The quantitative estimate of drug-likeness (QED) is 0.945. The Kier molecular flexibility index (Phi) is 3.39. The van der Waals surface area contributed by atoms with Crippen LogP contribution in [0, 0.1) is 0 Å². The van der Waals surface area contributed by atoms with Gasteiger partial charge in [-0.1, -0.05) is 19.8 Å². The van der Waals surface area contributed by atoms with Crippen LogP contribution in [-0.2, 0) is 13.1 Å². The summed E-state index contributed by atoms with van der Waals surface area (Å²) in [4.78, 5) is 22.4. The van der Waals surface area contributed by atoms with Crippen molar-refractivity contribution in [2.45, 2.75) is 64.5 Å². The number of nitrogens with one attached hydrogen (secondary N) is 1. The number of fused-ring (bicyclic) bond motifs is 3. The first-order valence-electron chi connectivity index (χ1n) is 8.54. The molecule has 0 saturated heterocycles. The van der Waals surface area contributed by atoms with E-state index in [2.05, 4.69) is 12.2 Å². The molecule has 1 saturated carbocycles. The Bertz CT molecular complexity index is 710. The average molecular weight is 301 g/mol. The summed E-state index contributed by atoms with van der Waals surface area (Å²) in [6, 6.07) is 0. The van der Waals surface area contributed by atoms with E-state index in [1.54, 1.807) is 0 Å². The lowest BCUT2D eigenvalue weighted by molar-refractivity contribution is 0.534. The summed E-state index contributed by atoms with van der Waals surface area (Å²) in [6.07, 6.45) is 6.79. The zero-order chi connectivity index (χ0) is 15.1. The van der Waals surface area contributed by atoms with Crippen LogP contribution in [0.25, 0.3) is 11.5 Å². The van der Waals surface area contributed by atoms with Crippen LogP contribution in [0.4, 0.5) is 5.82 Å². The lowest BCUT2D eigenvalue weighted by Gasteiger charge is -2.24. The van der Waals surface area contributed by atoms with Crippen LogP contribution in [0.15, 0.2) is 4.79 Å². The van der Waals surface area contributed by atoms with Gasteiger partial charge in [0.1, 0.15) is 17.3 Å². The van der Waals surface area contributed by atoms with Crippen LogP contribution in [0.2, 0.25) is 0 Å². The van der Waals surface area contributed by atoms with Gasteiger partial charge < -0.3 is 5.32 Å². The molecule has 1 N–H and O–H groups in total. The number of rotatable bonds is 3. The molecule has 0 amide bonds. The van der Waals surface area contributed by atoms with Gasteiger partial charge in [0.05, 0.1) is 0 Å². The minimum absolute atomic E-state index is 0.0504. The van der Waals surface area contributed by atoms with E-state index in [4.69, 9.17) is 9.97 Å². The van der Waals surface area contributed by atoms with Crippen molar-refractivity contribution >= 4 is 5.82 Å². The smallest absolute Gasteiger partial charge is 0.331 e. The Morgan fingerprint density at radius 2 is 2.05 bits per heavy atom. The number of hydrogen-bond acceptors (Lipinski definition) is 4. The molecule has 0 atom stereocenters. The molecule has 0 unspecified atom stereocenters. The fraction of sp³-hybridized carbons (Fsp3) is 0.688. The van der Waals surface area contributed by atoms with Crippen molar-refractivity contribution < 1.29 is 0 Å². The first-order valence-corrected chi connectivity index (χ1v) is 8.54. The molecule has 0 aromatic heterocycles. The summed E-state index contributed by atoms with van der Waals surface area (Å²) >= 11 is 0. The van der Waals surface area contributed by atoms with Crippen molar-refractivity contribution in [1.29, 1.82) is 0 Å². The van der Waals surface area contributed by atoms with Crippen molar-refractivity contribution in [3.63, 3.8) is 0 Å². The van der Waals surface area contributed by atoms with E-state index in [-0.39, 0.29) is 5.69 Å². The molecule has 0 bridgehead atoms. The maximum atomic E-state index is 12.8. The molecular formula is C16H23N5O. The van der Waals surface area contributed by atoms with Gasteiger partial charge in [0.2, 0.25) is 0 Å². The monoisotopic (exact) mass is 301 g/mol. The highest BCUT2D eigenvalue weighted by Crippen LogP contribution is 2.36. The van der Waals surface area contributed by atoms with E-state index in [1.165, 1.54) is 25.7 Å². The summed E-state index contributed by atoms with van der Waals surface area (Å²) in [5.74, 6) is 3.06. The largest absolute Gasteiger partial charge is 0.369 e. The molecule has 0 spiro atoms. The van der Waals surface area contributed by atoms with Gasteiger partial charge in [-0.25, -0.2) is 14.8 Å². The lowest BCUT2D eigenvalue weighted by atomic mass is 10.1. The number of imidazole rings is 1. The minimum atomic E-state index is 0.0504. The minimum Gasteiger partial charge on any atom is -0.369 e. The topological polar surface area (TPSA) is 64.7 Å². The molecule has 0 radical (unpaired) electrons. The maximum absolute atomic E-state index is 12.8. The fourth-order valence-electron chi connectivity index (χ4n) is 3.78. The zero-order valence-corrected chi connectivity index (χ0v) is 13.1. The van der Waals surface area contributed by atoms with Crippen molar-refractivity contribution in [3.05, 3.63) is 16.3 Å². The standard InChI is InChI=1S/C16H23N5O/c1-2-9-20-15-12(14-17-8-5-10-21(14)16(20)22)18-13(19-15)11-6-3-4-7-11/h11,17H,2-10H2,1H3. The van der Waals surface area contributed by atoms with E-state index in [1.807, 2.05) is 9.13 Å². The third-order valence-corrected chi connectivity index (χ3v) is 4.89. The molecule has 6 heteroatoms. The summed E-state index contributed by atoms with van der Waals surface area (Å²) in [6.45, 7) is 4.47. The molecule has 0 aromatic carbocycles. The second-order valence-electron chi connectivity index (χ2n) is 6.45. The third-order valence-electron chi connectivity index (χ3n) is 4.89. The maximum Gasteiger partial charge on any atom is 0.331 e. The molecule has 1 fully saturated rings. The van der Waals surface area contributed by atoms with Crippen molar-refractivity contribution in [2.75, 3.05) is 11.9 Å². The second-order valence-corrected chi connectivity index (χ2v) is 6.45. The highest BCUT2D eigenvalue weighted by atomic mass is 16.1. The Hall–Kier alpha value is -1.85. The molecule has 3 aliphatic heterocycles. The molecule has 3 heterocycles. The molecule has 22 heavy (non-hydrogen) atoms. The molecule has 4 rings (SSSR count). The van der Waals surface area contributed by atoms with Crippen LogP contribution < -0.4 is 11.0 Å². The summed E-state index contributed by atoms with van der Waals surface area (Å²) in [5, 5.41) is 3.37. The van der Waals surface area contributed by atoms with Gasteiger partial charge in [-0.05, 0) is 25.7 Å². The lowest BCUT2D eigenvalue weighted by Crippen LogP contribution is -2.37. The van der Waals surface area contributed by atoms with Crippen molar-refractivity contribution in [1.82, 2.24) is 19.1 Å². The summed E-state index contributed by atoms with van der Waals surface area (Å²) in [7, 11) is 0. The average Bonchev–Trinajstić information content (AvgIpc) is 3.20. The third kappa shape index (κ3) is 2.04. The Labute approximate surface area is 129 Å². The fourth-order valence-corrected chi connectivity index (χ4v) is 3.78. The van der Waals surface area contributed by atoms with Gasteiger partial charge in [-0.3, -0.25) is 9.13 Å². The molecular weight excluding hydrogens is 278 g/mol. The summed E-state index contributed by atoms with van der Waals surface area (Å²) < 4.78 is 3.66. The predicted molar refractivity (Wildman–Crippen MR) is 85.5 cm³/mol. The number of aromatic nitrogens is 4. The zero-order valence-electron chi connectivity index (χ0n) is 13.1. The highest BCUT2D eigenvalue weighted by Gasteiger charge is 2.29. The molecule has 4 aliphatic rings. The van der Waals surface area contributed by atoms with E-state index >= 15 is 0 Å². The number of nitrogens with zero attached hydrogens (tertiary/aromatic N) is 4. The van der Waals surface area contributed by atoms with E-state index in [9.17, 15) is 4.79 Å². The van der Waals surface area contributed by atoms with E-state index in [0.29, 0.717) is 12.5 Å².